The van der Waals surface area contributed by atoms with Gasteiger partial charge in [0.25, 0.3) is 0 Å². The van der Waals surface area contributed by atoms with Gasteiger partial charge in [0.2, 0.25) is 6.29 Å². The van der Waals surface area contributed by atoms with E-state index < -0.39 is 6.29 Å². The van der Waals surface area contributed by atoms with Gasteiger partial charge in [-0.05, 0) is 47.5 Å². The van der Waals surface area contributed by atoms with Crippen molar-refractivity contribution in [3.05, 3.63) is 84.9 Å². The number of hydrogen-bond acceptors (Lipinski definition) is 6. The van der Waals surface area contributed by atoms with Crippen molar-refractivity contribution < 1.29 is 29.2 Å². The molecule has 174 valence electrons. The van der Waals surface area contributed by atoms with Gasteiger partial charge in [-0.1, -0.05) is 48.5 Å². The van der Waals surface area contributed by atoms with Gasteiger partial charge in [-0.15, -0.1) is 0 Å². The molecule has 1 aliphatic heterocycles. The van der Waals surface area contributed by atoms with E-state index in [0.29, 0.717) is 25.4 Å². The highest BCUT2D eigenvalue weighted by atomic mass is 16.6. The van der Waals surface area contributed by atoms with Crippen LogP contribution in [0.4, 0.5) is 0 Å². The second kappa shape index (κ2) is 10.0. The van der Waals surface area contributed by atoms with Crippen LogP contribution >= 0.6 is 0 Å². The topological polar surface area (TPSA) is 80.7 Å². The van der Waals surface area contributed by atoms with Gasteiger partial charge in [0.1, 0.15) is 35.7 Å². The number of epoxide rings is 1. The Bertz CT molecular complexity index is 1230. The second-order valence-electron chi connectivity index (χ2n) is 8.15. The van der Waals surface area contributed by atoms with Crippen LogP contribution in [0.25, 0.3) is 21.9 Å². The van der Waals surface area contributed by atoms with Gasteiger partial charge in [0.15, 0.2) is 0 Å². The summed E-state index contributed by atoms with van der Waals surface area (Å²) in [5, 5.41) is 21.7. The molecule has 4 aromatic rings. The minimum absolute atomic E-state index is 0.195. The molecule has 0 spiro atoms. The van der Waals surface area contributed by atoms with Crippen molar-refractivity contribution in [1.29, 1.82) is 0 Å². The monoisotopic (exact) mass is 458 g/mol. The van der Waals surface area contributed by atoms with Gasteiger partial charge in [-0.25, -0.2) is 0 Å². The minimum atomic E-state index is -0.994. The average molecular weight is 459 g/mol. The Morgan fingerprint density at radius 2 is 1.38 bits per heavy atom. The Kier molecular flexibility index (Phi) is 6.51. The van der Waals surface area contributed by atoms with Crippen molar-refractivity contribution >= 4 is 10.8 Å². The van der Waals surface area contributed by atoms with E-state index in [4.69, 9.17) is 18.9 Å². The number of phenols is 1. The quantitative estimate of drug-likeness (QED) is 0.253. The van der Waals surface area contributed by atoms with E-state index in [1.807, 2.05) is 72.8 Å². The molecular formula is C28H26O6. The molecule has 0 aromatic heterocycles. The molecule has 1 fully saturated rings. The van der Waals surface area contributed by atoms with Crippen LogP contribution in [0.1, 0.15) is 6.42 Å². The van der Waals surface area contributed by atoms with Crippen LogP contribution in [0.2, 0.25) is 0 Å². The molecule has 0 aliphatic carbocycles. The number of aliphatic hydroxyl groups excluding tert-OH is 1. The van der Waals surface area contributed by atoms with Crippen molar-refractivity contribution in [1.82, 2.24) is 0 Å². The number of phenolic OH excluding ortho intramolecular Hbond substituents is 1. The zero-order chi connectivity index (χ0) is 23.3. The molecule has 0 bridgehead atoms. The van der Waals surface area contributed by atoms with Crippen molar-refractivity contribution in [2.75, 3.05) is 19.8 Å². The normalized spacial score (nSPS) is 15.6. The molecule has 0 saturated carbocycles. The molecule has 1 aliphatic rings. The number of aliphatic hydroxyl groups is 1. The van der Waals surface area contributed by atoms with Gasteiger partial charge in [0.05, 0.1) is 13.2 Å². The Labute approximate surface area is 197 Å². The zero-order valence-electron chi connectivity index (χ0n) is 18.6. The molecule has 5 rings (SSSR count). The molecule has 0 radical (unpaired) electrons. The van der Waals surface area contributed by atoms with Gasteiger partial charge in [-0.3, -0.25) is 0 Å². The number of rotatable bonds is 10. The maximum absolute atomic E-state index is 10.3. The molecule has 2 N–H and O–H groups in total. The van der Waals surface area contributed by atoms with Crippen molar-refractivity contribution in [3.8, 4) is 34.1 Å². The highest BCUT2D eigenvalue weighted by Gasteiger charge is 2.23. The van der Waals surface area contributed by atoms with E-state index in [0.717, 1.165) is 40.0 Å². The Balaban J connectivity index is 1.15. The van der Waals surface area contributed by atoms with Gasteiger partial charge < -0.3 is 29.2 Å². The predicted molar refractivity (Wildman–Crippen MR) is 129 cm³/mol. The molecule has 0 amide bonds. The summed E-state index contributed by atoms with van der Waals surface area (Å²) in [6.45, 7) is 1.60. The Morgan fingerprint density at radius 1 is 0.794 bits per heavy atom. The average Bonchev–Trinajstić information content (AvgIpc) is 3.69. The van der Waals surface area contributed by atoms with Crippen molar-refractivity contribution in [2.45, 2.75) is 18.8 Å². The van der Waals surface area contributed by atoms with Gasteiger partial charge >= 0.3 is 0 Å². The van der Waals surface area contributed by atoms with E-state index in [-0.39, 0.29) is 11.9 Å². The molecule has 4 aromatic carbocycles. The molecule has 1 heterocycles. The third-order valence-corrected chi connectivity index (χ3v) is 5.62. The molecule has 34 heavy (non-hydrogen) atoms. The largest absolute Gasteiger partial charge is 0.508 e. The summed E-state index contributed by atoms with van der Waals surface area (Å²) in [6, 6.07) is 26.2. The first-order valence-corrected chi connectivity index (χ1v) is 11.3. The number of fused-ring (bicyclic) bond motifs is 1. The number of ether oxygens (including phenoxy) is 4. The maximum atomic E-state index is 10.3. The van der Waals surface area contributed by atoms with E-state index >= 15 is 0 Å². The van der Waals surface area contributed by atoms with E-state index in [2.05, 4.69) is 0 Å². The summed E-state index contributed by atoms with van der Waals surface area (Å²) in [5.41, 5.74) is 1.98. The van der Waals surface area contributed by atoms with Gasteiger partial charge in [-0.2, -0.15) is 0 Å². The van der Waals surface area contributed by atoms with Crippen LogP contribution in [0, 0.1) is 0 Å². The fourth-order valence-corrected chi connectivity index (χ4v) is 3.72. The fourth-order valence-electron chi connectivity index (χ4n) is 3.72. The SMILES string of the molecule is Oc1ccc(-c2ccc(OC(O)CCOc3cccc4c(OCC5CO5)cccc34)cc2)cc1. The smallest absolute Gasteiger partial charge is 0.200 e. The highest BCUT2D eigenvalue weighted by Crippen LogP contribution is 2.33. The van der Waals surface area contributed by atoms with E-state index in [9.17, 15) is 10.2 Å². The molecular weight excluding hydrogens is 432 g/mol. The Hall–Kier alpha value is -3.74. The Morgan fingerprint density at radius 3 is 2.00 bits per heavy atom. The molecule has 6 heteroatoms. The van der Waals surface area contributed by atoms with Crippen LogP contribution in [-0.4, -0.2) is 42.4 Å². The maximum Gasteiger partial charge on any atom is 0.200 e. The van der Waals surface area contributed by atoms with Crippen molar-refractivity contribution in [3.63, 3.8) is 0 Å². The lowest BCUT2D eigenvalue weighted by molar-refractivity contribution is -0.0306. The van der Waals surface area contributed by atoms with Gasteiger partial charge in [0, 0.05) is 17.2 Å². The van der Waals surface area contributed by atoms with Crippen LogP contribution in [-0.2, 0) is 4.74 Å². The summed E-state index contributed by atoms with van der Waals surface area (Å²) in [6.07, 6.45) is -0.488. The predicted octanol–water partition coefficient (Wildman–Crippen LogP) is 5.16. The summed E-state index contributed by atoms with van der Waals surface area (Å²) in [5.74, 6) is 2.34. The molecule has 6 nitrogen and oxygen atoms in total. The number of aromatic hydroxyl groups is 1. The third-order valence-electron chi connectivity index (χ3n) is 5.62. The minimum Gasteiger partial charge on any atom is -0.508 e. The van der Waals surface area contributed by atoms with Crippen LogP contribution in [0.5, 0.6) is 23.0 Å². The van der Waals surface area contributed by atoms with Crippen LogP contribution in [0.3, 0.4) is 0 Å². The summed E-state index contributed by atoms with van der Waals surface area (Å²) in [4.78, 5) is 0. The summed E-state index contributed by atoms with van der Waals surface area (Å²) in [7, 11) is 0. The molecule has 2 atom stereocenters. The molecule has 2 unspecified atom stereocenters. The van der Waals surface area contributed by atoms with Crippen LogP contribution < -0.4 is 14.2 Å². The fraction of sp³-hybridized carbons (Fsp3) is 0.214. The lowest BCUT2D eigenvalue weighted by atomic mass is 10.1. The number of benzene rings is 4. The second-order valence-corrected chi connectivity index (χ2v) is 8.15. The standard InChI is InChI=1S/C28H26O6/c29-21-11-7-19(8-12-21)20-9-13-22(14-10-20)34-28(30)15-16-31-26-5-1-4-25-24(26)3-2-6-27(25)33-18-23-17-32-23/h1-14,23,28-30H,15-18H2. The third kappa shape index (κ3) is 5.42. The first kappa shape index (κ1) is 22.1. The van der Waals surface area contributed by atoms with E-state index in [1.54, 1.807) is 12.1 Å². The first-order chi connectivity index (χ1) is 16.7. The summed E-state index contributed by atoms with van der Waals surface area (Å²) >= 11 is 0. The van der Waals surface area contributed by atoms with Crippen molar-refractivity contribution in [2.24, 2.45) is 0 Å². The zero-order valence-corrected chi connectivity index (χ0v) is 18.6. The number of hydrogen-bond donors (Lipinski definition) is 2. The highest BCUT2D eigenvalue weighted by molar-refractivity contribution is 5.93. The molecule has 1 saturated heterocycles. The first-order valence-electron chi connectivity index (χ1n) is 11.3. The van der Waals surface area contributed by atoms with Crippen LogP contribution in [0.15, 0.2) is 84.9 Å². The van der Waals surface area contributed by atoms with E-state index in [1.165, 1.54) is 0 Å². The summed E-state index contributed by atoms with van der Waals surface area (Å²) < 4.78 is 22.7. The lowest BCUT2D eigenvalue weighted by Gasteiger charge is -2.16. The lowest BCUT2D eigenvalue weighted by Crippen LogP contribution is -2.18.